The molecule has 24 heavy (non-hydrogen) atoms. The van der Waals surface area contributed by atoms with Crippen molar-refractivity contribution in [2.24, 2.45) is 0 Å². The van der Waals surface area contributed by atoms with Gasteiger partial charge in [0.05, 0.1) is 0 Å². The molecule has 0 saturated carbocycles. The number of nitrogens with one attached hydrogen (secondary N) is 1. The van der Waals surface area contributed by atoms with Gasteiger partial charge in [0.1, 0.15) is 5.75 Å². The summed E-state index contributed by atoms with van der Waals surface area (Å²) in [5.74, 6) is 0.393. The van der Waals surface area contributed by atoms with E-state index in [1.165, 1.54) is 16.0 Å². The van der Waals surface area contributed by atoms with E-state index < -0.39 is 0 Å². The molecule has 1 saturated heterocycles. The Labute approximate surface area is 148 Å². The lowest BCUT2D eigenvalue weighted by Crippen LogP contribution is -2.66. The van der Waals surface area contributed by atoms with Crippen LogP contribution in [-0.2, 0) is 18.3 Å². The first kappa shape index (κ1) is 16.1. The fourth-order valence-corrected chi connectivity index (χ4v) is 5.36. The number of thiophene rings is 1. The lowest BCUT2D eigenvalue weighted by Gasteiger charge is -2.55. The van der Waals surface area contributed by atoms with Gasteiger partial charge >= 0.3 is 0 Å². The Morgan fingerprint density at radius 2 is 2.25 bits per heavy atom. The molecule has 1 aromatic carbocycles. The zero-order valence-corrected chi connectivity index (χ0v) is 15.3. The minimum absolute atomic E-state index is 0.0962. The van der Waals surface area contributed by atoms with Gasteiger partial charge < -0.3 is 15.3 Å². The van der Waals surface area contributed by atoms with Crippen LogP contribution in [0.15, 0.2) is 35.7 Å². The molecule has 128 valence electrons. The summed E-state index contributed by atoms with van der Waals surface area (Å²) in [6.07, 6.45) is 3.29. The molecule has 3 atom stereocenters. The number of rotatable bonds is 4. The highest BCUT2D eigenvalue weighted by Gasteiger charge is 2.49. The molecule has 0 radical (unpaired) electrons. The van der Waals surface area contributed by atoms with Crippen LogP contribution in [0.5, 0.6) is 5.75 Å². The van der Waals surface area contributed by atoms with Gasteiger partial charge in [-0.2, -0.15) is 0 Å². The van der Waals surface area contributed by atoms with E-state index in [1.807, 2.05) is 23.5 Å². The summed E-state index contributed by atoms with van der Waals surface area (Å²) in [5, 5.41) is 16.0. The van der Waals surface area contributed by atoms with Crippen LogP contribution in [0.2, 0.25) is 0 Å². The number of hydrogen-bond acceptors (Lipinski definition) is 4. The molecule has 2 heterocycles. The Balaban J connectivity index is 1.60. The van der Waals surface area contributed by atoms with Crippen LogP contribution in [0.25, 0.3) is 0 Å². The number of phenolic OH excluding ortho intramolecular Hbond substituents is 1. The molecule has 1 aromatic heterocycles. The summed E-state index contributed by atoms with van der Waals surface area (Å²) >= 11 is 1.84. The van der Waals surface area contributed by atoms with Crippen LogP contribution in [0.3, 0.4) is 0 Å². The van der Waals surface area contributed by atoms with Gasteiger partial charge in [-0.05, 0) is 67.6 Å². The Morgan fingerprint density at radius 3 is 3.04 bits per heavy atom. The van der Waals surface area contributed by atoms with Gasteiger partial charge in [-0.1, -0.05) is 19.1 Å². The van der Waals surface area contributed by atoms with Crippen molar-refractivity contribution in [2.75, 3.05) is 20.1 Å². The number of piperidine rings is 1. The van der Waals surface area contributed by atoms with E-state index in [1.54, 1.807) is 0 Å². The first-order chi connectivity index (χ1) is 11.6. The maximum absolute atomic E-state index is 10.0. The minimum atomic E-state index is 0.0962. The van der Waals surface area contributed by atoms with Gasteiger partial charge in [0.25, 0.3) is 0 Å². The molecule has 0 amide bonds. The maximum atomic E-state index is 10.0. The van der Waals surface area contributed by atoms with Crippen molar-refractivity contribution in [1.82, 2.24) is 10.2 Å². The number of likely N-dealkylation sites (tertiary alicyclic amines) is 1. The molecule has 4 rings (SSSR count). The number of phenols is 1. The lowest BCUT2D eigenvalue weighted by molar-refractivity contribution is 0.0663. The maximum Gasteiger partial charge on any atom is 0.115 e. The lowest BCUT2D eigenvalue weighted by atomic mass is 9.61. The Kier molecular flexibility index (Phi) is 4.15. The van der Waals surface area contributed by atoms with Crippen LogP contribution < -0.4 is 5.32 Å². The fourth-order valence-electron chi connectivity index (χ4n) is 4.65. The smallest absolute Gasteiger partial charge is 0.115 e. The second kappa shape index (κ2) is 6.17. The quantitative estimate of drug-likeness (QED) is 0.896. The van der Waals surface area contributed by atoms with Crippen molar-refractivity contribution >= 4 is 11.3 Å². The zero-order valence-electron chi connectivity index (χ0n) is 14.5. The average molecular weight is 343 g/mol. The number of hydrogen-bond donors (Lipinski definition) is 2. The summed E-state index contributed by atoms with van der Waals surface area (Å²) in [6.45, 7) is 4.52. The Hall–Kier alpha value is -1.36. The topological polar surface area (TPSA) is 35.5 Å². The van der Waals surface area contributed by atoms with Gasteiger partial charge in [0.2, 0.25) is 0 Å². The first-order valence-corrected chi connectivity index (χ1v) is 9.74. The molecule has 2 aliphatic rings. The van der Waals surface area contributed by atoms with E-state index in [0.29, 0.717) is 17.8 Å². The first-order valence-electron chi connectivity index (χ1n) is 8.86. The van der Waals surface area contributed by atoms with Crippen molar-refractivity contribution in [1.29, 1.82) is 0 Å². The normalized spacial score (nSPS) is 29.4. The molecule has 1 unspecified atom stereocenters. The van der Waals surface area contributed by atoms with Crippen molar-refractivity contribution in [3.63, 3.8) is 0 Å². The summed E-state index contributed by atoms with van der Waals surface area (Å²) in [5.41, 5.74) is 2.85. The van der Waals surface area contributed by atoms with Crippen LogP contribution in [0.4, 0.5) is 0 Å². The van der Waals surface area contributed by atoms with E-state index in [-0.39, 0.29) is 5.41 Å². The van der Waals surface area contributed by atoms with Crippen LogP contribution in [-0.4, -0.2) is 42.2 Å². The van der Waals surface area contributed by atoms with Crippen molar-refractivity contribution in [3.8, 4) is 5.75 Å². The number of fused-ring (bicyclic) bond motifs is 4. The second-order valence-electron chi connectivity index (χ2n) is 7.52. The number of nitrogens with zero attached hydrogens (tertiary/aromatic N) is 1. The molecule has 2 N–H and O–H groups in total. The van der Waals surface area contributed by atoms with Gasteiger partial charge in [0.15, 0.2) is 0 Å². The summed E-state index contributed by atoms with van der Waals surface area (Å²) in [7, 11) is 2.25. The SMILES string of the molecule is CN1CCC2(C)c3cc(O)ccc3C[C@@H]1[C@@H]2NCCc1cccs1. The Morgan fingerprint density at radius 1 is 1.38 bits per heavy atom. The highest BCUT2D eigenvalue weighted by molar-refractivity contribution is 7.09. The van der Waals surface area contributed by atoms with Crippen molar-refractivity contribution in [2.45, 2.75) is 43.7 Å². The summed E-state index contributed by atoms with van der Waals surface area (Å²) in [6, 6.07) is 11.3. The third kappa shape index (κ3) is 2.67. The summed E-state index contributed by atoms with van der Waals surface area (Å²) < 4.78 is 0. The van der Waals surface area contributed by atoms with Crippen molar-refractivity contribution in [3.05, 3.63) is 51.7 Å². The monoisotopic (exact) mass is 342 g/mol. The van der Waals surface area contributed by atoms with Gasteiger partial charge in [-0.25, -0.2) is 0 Å². The van der Waals surface area contributed by atoms with Gasteiger partial charge in [0, 0.05) is 28.9 Å². The minimum Gasteiger partial charge on any atom is -0.508 e. The van der Waals surface area contributed by atoms with Gasteiger partial charge in [-0.15, -0.1) is 11.3 Å². The molecule has 1 aliphatic carbocycles. The number of likely N-dealkylation sites (N-methyl/N-ethyl adjacent to an activating group) is 1. The van der Waals surface area contributed by atoms with Crippen LogP contribution >= 0.6 is 11.3 Å². The van der Waals surface area contributed by atoms with E-state index in [0.717, 1.165) is 32.4 Å². The van der Waals surface area contributed by atoms with Crippen LogP contribution in [0, 0.1) is 0 Å². The molecule has 2 aromatic rings. The second-order valence-corrected chi connectivity index (χ2v) is 8.55. The van der Waals surface area contributed by atoms with E-state index in [4.69, 9.17) is 0 Å². The highest BCUT2D eigenvalue weighted by atomic mass is 32.1. The van der Waals surface area contributed by atoms with E-state index in [2.05, 4.69) is 47.8 Å². The summed E-state index contributed by atoms with van der Waals surface area (Å²) in [4.78, 5) is 3.96. The zero-order chi connectivity index (χ0) is 16.7. The molecule has 1 aliphatic heterocycles. The molecule has 4 heteroatoms. The van der Waals surface area contributed by atoms with E-state index >= 15 is 0 Å². The van der Waals surface area contributed by atoms with Crippen molar-refractivity contribution < 1.29 is 5.11 Å². The molecule has 1 fully saturated rings. The molecular weight excluding hydrogens is 316 g/mol. The predicted octanol–water partition coefficient (Wildman–Crippen LogP) is 3.17. The van der Waals surface area contributed by atoms with Gasteiger partial charge in [-0.3, -0.25) is 0 Å². The standard InChI is InChI=1S/C20H26N2OS/c1-20-8-10-22(2)18(12-14-5-6-15(23)13-17(14)20)19(20)21-9-7-16-4-3-11-24-16/h3-6,11,13,18-19,21,23H,7-10,12H2,1-2H3/t18-,19+,20?/m1/s1. The highest BCUT2D eigenvalue weighted by Crippen LogP contribution is 2.45. The number of aromatic hydroxyl groups is 1. The molecule has 2 bridgehead atoms. The molecular formula is C20H26N2OS. The predicted molar refractivity (Wildman–Crippen MR) is 100 cm³/mol. The average Bonchev–Trinajstić information content (AvgIpc) is 3.07. The Bertz CT molecular complexity index is 714. The number of benzene rings is 1. The third-order valence-electron chi connectivity index (χ3n) is 6.07. The fraction of sp³-hybridized carbons (Fsp3) is 0.500. The third-order valence-corrected chi connectivity index (χ3v) is 7.01. The van der Waals surface area contributed by atoms with E-state index in [9.17, 15) is 5.11 Å². The largest absolute Gasteiger partial charge is 0.508 e. The molecule has 3 nitrogen and oxygen atoms in total. The molecule has 0 spiro atoms. The van der Waals surface area contributed by atoms with Crippen LogP contribution in [0.1, 0.15) is 29.3 Å².